The van der Waals surface area contributed by atoms with E-state index in [0.29, 0.717) is 42.4 Å². The molecule has 0 aliphatic rings. The van der Waals surface area contributed by atoms with Crippen LogP contribution in [0.3, 0.4) is 0 Å². The molecule has 0 saturated heterocycles. The Labute approximate surface area is 193 Å². The average molecular weight is 456 g/mol. The molecule has 0 bridgehead atoms. The van der Waals surface area contributed by atoms with Gasteiger partial charge in [-0.1, -0.05) is 6.08 Å². The van der Waals surface area contributed by atoms with Crippen molar-refractivity contribution < 1.29 is 18.7 Å². The number of rotatable bonds is 8. The first-order valence-corrected chi connectivity index (χ1v) is 10.9. The van der Waals surface area contributed by atoms with Crippen LogP contribution in [0.2, 0.25) is 0 Å². The smallest absolute Gasteiger partial charge is 0.410 e. The van der Waals surface area contributed by atoms with Crippen molar-refractivity contribution in [1.82, 2.24) is 24.5 Å². The molecule has 1 unspecified atom stereocenters. The van der Waals surface area contributed by atoms with Crippen molar-refractivity contribution in [1.29, 1.82) is 0 Å². The Hall–Kier alpha value is -3.49. The van der Waals surface area contributed by atoms with Crippen molar-refractivity contribution in [3.05, 3.63) is 54.9 Å². The van der Waals surface area contributed by atoms with Crippen molar-refractivity contribution in [2.24, 2.45) is 0 Å². The maximum atomic E-state index is 14.9. The molecule has 1 amide bonds. The van der Waals surface area contributed by atoms with Gasteiger partial charge in [0.25, 0.3) is 0 Å². The van der Waals surface area contributed by atoms with E-state index in [1.54, 1.807) is 40.0 Å². The number of nitrogens with zero attached hydrogens (tertiary/aromatic N) is 5. The number of imidazole rings is 1. The summed E-state index contributed by atoms with van der Waals surface area (Å²) in [6, 6.07) is 2.82. The average Bonchev–Trinajstić information content (AvgIpc) is 3.22. The summed E-state index contributed by atoms with van der Waals surface area (Å²) in [6.45, 7) is 13.6. The van der Waals surface area contributed by atoms with E-state index in [0.717, 1.165) is 6.20 Å². The Morgan fingerprint density at radius 3 is 2.76 bits per heavy atom. The van der Waals surface area contributed by atoms with Crippen LogP contribution in [0.25, 0.3) is 16.9 Å². The molecular weight excluding hydrogens is 425 g/mol. The van der Waals surface area contributed by atoms with E-state index in [4.69, 9.17) is 9.47 Å². The zero-order chi connectivity index (χ0) is 24.2. The maximum absolute atomic E-state index is 14.9. The summed E-state index contributed by atoms with van der Waals surface area (Å²) in [7, 11) is 0. The molecular formula is C24H30FN5O3. The summed E-state index contributed by atoms with van der Waals surface area (Å²) in [4.78, 5) is 22.7. The van der Waals surface area contributed by atoms with Crippen LogP contribution in [0, 0.1) is 5.82 Å². The lowest BCUT2D eigenvalue weighted by atomic mass is 10.1. The van der Waals surface area contributed by atoms with Crippen LogP contribution in [-0.2, 0) is 4.74 Å². The summed E-state index contributed by atoms with van der Waals surface area (Å²) < 4.78 is 27.7. The molecule has 0 saturated carbocycles. The third kappa shape index (κ3) is 5.66. The van der Waals surface area contributed by atoms with Crippen LogP contribution in [0.1, 0.15) is 52.8 Å². The van der Waals surface area contributed by atoms with E-state index >= 15 is 0 Å². The number of fused-ring (bicyclic) bond motifs is 1. The SMILES string of the molecule is C=CCCOc1cc(-c2cc(C(C)N(CC)C(=O)OC(C)(C)C)ncc2F)nn2ccnc12. The summed E-state index contributed by atoms with van der Waals surface area (Å²) in [5.74, 6) is -0.0446. The topological polar surface area (TPSA) is 81.8 Å². The van der Waals surface area contributed by atoms with Gasteiger partial charge in [0.1, 0.15) is 5.60 Å². The minimum absolute atomic E-state index is 0.247. The Morgan fingerprint density at radius 1 is 1.33 bits per heavy atom. The molecule has 1 atom stereocenters. The largest absolute Gasteiger partial charge is 0.489 e. The molecule has 0 spiro atoms. The Bertz CT molecular complexity index is 1140. The Morgan fingerprint density at radius 2 is 2.09 bits per heavy atom. The van der Waals surface area contributed by atoms with Gasteiger partial charge in [-0.25, -0.2) is 18.7 Å². The van der Waals surface area contributed by atoms with Crippen molar-refractivity contribution in [3.63, 3.8) is 0 Å². The zero-order valence-electron chi connectivity index (χ0n) is 19.7. The lowest BCUT2D eigenvalue weighted by Crippen LogP contribution is -2.38. The van der Waals surface area contributed by atoms with Gasteiger partial charge in [0.05, 0.1) is 30.2 Å². The van der Waals surface area contributed by atoms with Crippen molar-refractivity contribution in [3.8, 4) is 17.0 Å². The number of pyridine rings is 1. The molecule has 0 fully saturated rings. The molecule has 3 aromatic heterocycles. The van der Waals surface area contributed by atoms with Crippen LogP contribution >= 0.6 is 0 Å². The number of carbonyl (C=O) groups is 1. The predicted molar refractivity (Wildman–Crippen MR) is 124 cm³/mol. The first kappa shape index (κ1) is 24.2. The monoisotopic (exact) mass is 455 g/mol. The highest BCUT2D eigenvalue weighted by Crippen LogP contribution is 2.30. The number of hydrogen-bond donors (Lipinski definition) is 0. The molecule has 3 aromatic rings. The van der Waals surface area contributed by atoms with Crippen LogP contribution < -0.4 is 4.74 Å². The number of halogens is 1. The van der Waals surface area contributed by atoms with E-state index in [1.165, 1.54) is 0 Å². The fourth-order valence-electron chi connectivity index (χ4n) is 3.30. The highest BCUT2D eigenvalue weighted by molar-refractivity contribution is 5.69. The fourth-order valence-corrected chi connectivity index (χ4v) is 3.30. The van der Waals surface area contributed by atoms with Gasteiger partial charge in [-0.2, -0.15) is 5.10 Å². The van der Waals surface area contributed by atoms with Gasteiger partial charge in [0.2, 0.25) is 0 Å². The van der Waals surface area contributed by atoms with Crippen LogP contribution in [0.15, 0.2) is 43.4 Å². The number of carbonyl (C=O) groups excluding carboxylic acids is 1. The van der Waals surface area contributed by atoms with Crippen molar-refractivity contribution in [2.75, 3.05) is 13.2 Å². The number of aromatic nitrogens is 4. The first-order valence-electron chi connectivity index (χ1n) is 10.9. The summed E-state index contributed by atoms with van der Waals surface area (Å²) >= 11 is 0. The molecule has 176 valence electrons. The number of hydrogen-bond acceptors (Lipinski definition) is 6. The highest BCUT2D eigenvalue weighted by atomic mass is 19.1. The quantitative estimate of drug-likeness (QED) is 0.343. The van der Waals surface area contributed by atoms with E-state index in [-0.39, 0.29) is 5.56 Å². The Balaban J connectivity index is 1.98. The zero-order valence-corrected chi connectivity index (χ0v) is 19.7. The standard InChI is InChI=1S/C24H30FN5O3/c1-7-9-12-32-21-14-20(28-30-11-10-26-22(21)30)17-13-19(27-15-18(17)25)16(3)29(8-2)23(31)33-24(4,5)6/h7,10-11,13-16H,1,8-9,12H2,2-6H3. The second kappa shape index (κ2) is 9.97. The van der Waals surface area contributed by atoms with Crippen LogP contribution in [-0.4, -0.2) is 49.3 Å². The predicted octanol–water partition coefficient (Wildman–Crippen LogP) is 5.20. The van der Waals surface area contributed by atoms with E-state index in [2.05, 4.69) is 21.6 Å². The molecule has 0 N–H and O–H groups in total. The summed E-state index contributed by atoms with van der Waals surface area (Å²) in [6.07, 6.45) is 6.37. The second-order valence-electron chi connectivity index (χ2n) is 8.55. The molecule has 0 radical (unpaired) electrons. The third-order valence-corrected chi connectivity index (χ3v) is 4.92. The molecule has 8 nitrogen and oxygen atoms in total. The van der Waals surface area contributed by atoms with Crippen molar-refractivity contribution >= 4 is 11.7 Å². The van der Waals surface area contributed by atoms with E-state index in [9.17, 15) is 9.18 Å². The number of ether oxygens (including phenoxy) is 2. The molecule has 0 aliphatic carbocycles. The van der Waals surface area contributed by atoms with Gasteiger partial charge in [0, 0.05) is 30.6 Å². The Kier molecular flexibility index (Phi) is 7.30. The highest BCUT2D eigenvalue weighted by Gasteiger charge is 2.27. The minimum Gasteiger partial charge on any atom is -0.489 e. The van der Waals surface area contributed by atoms with Crippen LogP contribution in [0.4, 0.5) is 9.18 Å². The molecule has 0 aromatic carbocycles. The second-order valence-corrected chi connectivity index (χ2v) is 8.55. The van der Waals surface area contributed by atoms with Gasteiger partial charge in [-0.3, -0.25) is 4.98 Å². The first-order chi connectivity index (χ1) is 15.6. The van der Waals surface area contributed by atoms with Gasteiger partial charge in [-0.05, 0) is 47.1 Å². The summed E-state index contributed by atoms with van der Waals surface area (Å²) in [5, 5.41) is 4.49. The van der Waals surface area contributed by atoms with Gasteiger partial charge < -0.3 is 14.4 Å². The summed E-state index contributed by atoms with van der Waals surface area (Å²) in [5.41, 5.74) is 1.03. The molecule has 3 heterocycles. The molecule has 9 heteroatoms. The van der Waals surface area contributed by atoms with E-state index in [1.807, 2.05) is 34.6 Å². The van der Waals surface area contributed by atoms with Gasteiger partial charge >= 0.3 is 6.09 Å². The number of amides is 1. The lowest BCUT2D eigenvalue weighted by Gasteiger charge is -2.30. The van der Waals surface area contributed by atoms with Gasteiger partial charge in [-0.15, -0.1) is 6.58 Å². The molecule has 3 rings (SSSR count). The van der Waals surface area contributed by atoms with Gasteiger partial charge in [0.15, 0.2) is 17.2 Å². The molecule has 0 aliphatic heterocycles. The van der Waals surface area contributed by atoms with E-state index < -0.39 is 23.6 Å². The third-order valence-electron chi connectivity index (χ3n) is 4.92. The molecule has 33 heavy (non-hydrogen) atoms. The minimum atomic E-state index is -0.627. The maximum Gasteiger partial charge on any atom is 0.410 e. The normalized spacial score (nSPS) is 12.4. The lowest BCUT2D eigenvalue weighted by molar-refractivity contribution is 0.0182. The van der Waals surface area contributed by atoms with Crippen molar-refractivity contribution in [2.45, 2.75) is 52.7 Å². The fraction of sp³-hybridized carbons (Fsp3) is 0.417. The van der Waals surface area contributed by atoms with Crippen LogP contribution in [0.5, 0.6) is 5.75 Å².